The first-order valence-corrected chi connectivity index (χ1v) is 9.59. The summed E-state index contributed by atoms with van der Waals surface area (Å²) in [7, 11) is 0. The standard InChI is InChI=1S/C19H18ClN5O3/c1-10(2)25-15-11(20)5-3-6-12(15)24-9-21-14(16(24)19(25)26)18-22-17(23-28-18)13-7-4-8-27-13/h3,5-6,9-10,13H,4,7-8H2,1-2H3. The summed E-state index contributed by atoms with van der Waals surface area (Å²) in [6.45, 7) is 4.58. The van der Waals surface area contributed by atoms with Gasteiger partial charge in [0.15, 0.2) is 5.69 Å². The van der Waals surface area contributed by atoms with E-state index in [4.69, 9.17) is 20.9 Å². The Hall–Kier alpha value is -2.71. The van der Waals surface area contributed by atoms with Crippen LogP contribution in [0.25, 0.3) is 28.1 Å². The maximum atomic E-state index is 13.4. The zero-order valence-electron chi connectivity index (χ0n) is 15.4. The maximum Gasteiger partial charge on any atom is 0.279 e. The van der Waals surface area contributed by atoms with Crippen LogP contribution < -0.4 is 5.56 Å². The molecule has 1 unspecified atom stereocenters. The second kappa shape index (κ2) is 6.42. The summed E-state index contributed by atoms with van der Waals surface area (Å²) in [5.74, 6) is 0.698. The second-order valence-electron chi connectivity index (χ2n) is 7.15. The quantitative estimate of drug-likeness (QED) is 0.521. The Kier molecular flexibility index (Phi) is 3.99. The van der Waals surface area contributed by atoms with Crippen LogP contribution in [0.5, 0.6) is 0 Å². The van der Waals surface area contributed by atoms with E-state index in [1.165, 1.54) is 0 Å². The molecular weight excluding hydrogens is 382 g/mol. The minimum Gasteiger partial charge on any atom is -0.370 e. The molecule has 9 heteroatoms. The molecule has 0 radical (unpaired) electrons. The Morgan fingerprint density at radius 1 is 1.29 bits per heavy atom. The lowest BCUT2D eigenvalue weighted by Gasteiger charge is -2.16. The number of imidazole rings is 1. The number of halogens is 1. The average molecular weight is 400 g/mol. The fourth-order valence-corrected chi connectivity index (χ4v) is 4.04. The smallest absolute Gasteiger partial charge is 0.279 e. The van der Waals surface area contributed by atoms with Crippen LogP contribution in [-0.2, 0) is 4.74 Å². The van der Waals surface area contributed by atoms with Crippen molar-refractivity contribution in [2.24, 2.45) is 0 Å². The molecule has 1 atom stereocenters. The van der Waals surface area contributed by atoms with Crippen LogP contribution >= 0.6 is 11.6 Å². The van der Waals surface area contributed by atoms with Crippen molar-refractivity contribution in [1.82, 2.24) is 24.1 Å². The first-order valence-electron chi connectivity index (χ1n) is 9.21. The van der Waals surface area contributed by atoms with E-state index in [0.29, 0.717) is 34.2 Å². The predicted molar refractivity (Wildman–Crippen MR) is 104 cm³/mol. The first kappa shape index (κ1) is 17.4. The molecule has 0 spiro atoms. The van der Waals surface area contributed by atoms with Gasteiger partial charge in [0.2, 0.25) is 5.82 Å². The van der Waals surface area contributed by atoms with E-state index in [0.717, 1.165) is 18.4 Å². The maximum absolute atomic E-state index is 13.4. The highest BCUT2D eigenvalue weighted by Gasteiger charge is 2.26. The zero-order chi connectivity index (χ0) is 19.4. The van der Waals surface area contributed by atoms with Gasteiger partial charge in [-0.25, -0.2) is 4.98 Å². The summed E-state index contributed by atoms with van der Waals surface area (Å²) >= 11 is 6.43. The van der Waals surface area contributed by atoms with Gasteiger partial charge >= 0.3 is 0 Å². The molecule has 1 aliphatic heterocycles. The first-order chi connectivity index (χ1) is 13.6. The van der Waals surface area contributed by atoms with Gasteiger partial charge in [0.1, 0.15) is 17.9 Å². The van der Waals surface area contributed by atoms with Crippen molar-refractivity contribution in [1.29, 1.82) is 0 Å². The van der Waals surface area contributed by atoms with Crippen LogP contribution in [-0.4, -0.2) is 30.7 Å². The number of ether oxygens (including phenoxy) is 1. The van der Waals surface area contributed by atoms with Gasteiger partial charge in [-0.3, -0.25) is 9.20 Å². The molecule has 0 N–H and O–H groups in total. The highest BCUT2D eigenvalue weighted by Crippen LogP contribution is 2.31. The predicted octanol–water partition coefficient (Wildman–Crippen LogP) is 3.79. The number of aromatic nitrogens is 5. The van der Waals surface area contributed by atoms with E-state index in [9.17, 15) is 4.79 Å². The van der Waals surface area contributed by atoms with Gasteiger partial charge in [-0.15, -0.1) is 0 Å². The van der Waals surface area contributed by atoms with Gasteiger partial charge in [-0.05, 0) is 38.8 Å². The minimum absolute atomic E-state index is 0.0900. The third-order valence-electron chi connectivity index (χ3n) is 5.03. The van der Waals surface area contributed by atoms with Crippen molar-refractivity contribution in [3.8, 4) is 11.6 Å². The van der Waals surface area contributed by atoms with Gasteiger partial charge < -0.3 is 13.8 Å². The Balaban J connectivity index is 1.78. The second-order valence-corrected chi connectivity index (χ2v) is 7.55. The number of rotatable bonds is 3. The van der Waals surface area contributed by atoms with Crippen molar-refractivity contribution in [2.45, 2.75) is 38.8 Å². The van der Waals surface area contributed by atoms with E-state index in [2.05, 4.69) is 15.1 Å². The number of fused-ring (bicyclic) bond motifs is 3. The summed E-state index contributed by atoms with van der Waals surface area (Å²) in [6, 6.07) is 5.44. The summed E-state index contributed by atoms with van der Waals surface area (Å²) < 4.78 is 14.4. The SMILES string of the molecule is CC(C)n1c(=O)c2c(-c3nc(C4CCCO4)no3)ncn2c2cccc(Cl)c21. The lowest BCUT2D eigenvalue weighted by atomic mass is 10.2. The highest BCUT2D eigenvalue weighted by molar-refractivity contribution is 6.35. The molecular formula is C19H18ClN5O3. The third kappa shape index (κ3) is 2.48. The molecule has 5 rings (SSSR count). The average Bonchev–Trinajstić information content (AvgIpc) is 3.41. The van der Waals surface area contributed by atoms with Crippen LogP contribution in [0.2, 0.25) is 5.02 Å². The minimum atomic E-state index is -0.208. The van der Waals surface area contributed by atoms with E-state index < -0.39 is 0 Å². The molecule has 1 fully saturated rings. The van der Waals surface area contributed by atoms with E-state index in [1.54, 1.807) is 21.4 Å². The monoisotopic (exact) mass is 399 g/mol. The molecule has 28 heavy (non-hydrogen) atoms. The number of para-hydroxylation sites is 1. The Morgan fingerprint density at radius 3 is 2.89 bits per heavy atom. The molecule has 0 aliphatic carbocycles. The molecule has 4 aromatic rings. The summed E-state index contributed by atoms with van der Waals surface area (Å²) in [5.41, 5.74) is 1.99. The van der Waals surface area contributed by atoms with Gasteiger partial charge in [-0.1, -0.05) is 22.8 Å². The summed E-state index contributed by atoms with van der Waals surface area (Å²) in [5, 5.41) is 4.55. The highest BCUT2D eigenvalue weighted by atomic mass is 35.5. The van der Waals surface area contributed by atoms with Crippen molar-refractivity contribution >= 4 is 28.2 Å². The van der Waals surface area contributed by atoms with Crippen LogP contribution in [0.3, 0.4) is 0 Å². The fraction of sp³-hybridized carbons (Fsp3) is 0.368. The number of hydrogen-bond acceptors (Lipinski definition) is 6. The Bertz CT molecular complexity index is 1250. The van der Waals surface area contributed by atoms with E-state index >= 15 is 0 Å². The Morgan fingerprint density at radius 2 is 2.14 bits per heavy atom. The molecule has 0 saturated carbocycles. The van der Waals surface area contributed by atoms with Crippen molar-refractivity contribution < 1.29 is 9.26 Å². The lowest BCUT2D eigenvalue weighted by Crippen LogP contribution is -2.25. The van der Waals surface area contributed by atoms with Gasteiger partial charge in [0, 0.05) is 12.6 Å². The van der Waals surface area contributed by atoms with Crippen LogP contribution in [0, 0.1) is 0 Å². The van der Waals surface area contributed by atoms with Crippen LogP contribution in [0.4, 0.5) is 0 Å². The molecule has 1 saturated heterocycles. The topological polar surface area (TPSA) is 87.5 Å². The van der Waals surface area contributed by atoms with E-state index in [-0.39, 0.29) is 23.6 Å². The van der Waals surface area contributed by atoms with Crippen LogP contribution in [0.15, 0.2) is 33.8 Å². The van der Waals surface area contributed by atoms with Crippen molar-refractivity contribution in [3.05, 3.63) is 45.7 Å². The fourth-order valence-electron chi connectivity index (χ4n) is 3.78. The van der Waals surface area contributed by atoms with Crippen molar-refractivity contribution in [3.63, 3.8) is 0 Å². The number of benzene rings is 1. The number of nitrogens with zero attached hydrogens (tertiary/aromatic N) is 5. The molecule has 3 aromatic heterocycles. The molecule has 4 heterocycles. The van der Waals surface area contributed by atoms with E-state index in [1.807, 2.05) is 26.0 Å². The molecule has 0 amide bonds. The molecule has 1 aromatic carbocycles. The summed E-state index contributed by atoms with van der Waals surface area (Å²) in [6.07, 6.45) is 3.24. The van der Waals surface area contributed by atoms with Crippen LogP contribution in [0.1, 0.15) is 44.7 Å². The van der Waals surface area contributed by atoms with Gasteiger partial charge in [0.05, 0.1) is 16.1 Å². The Labute approximate surface area is 164 Å². The molecule has 8 nitrogen and oxygen atoms in total. The summed E-state index contributed by atoms with van der Waals surface area (Å²) in [4.78, 5) is 22.2. The van der Waals surface area contributed by atoms with Crippen molar-refractivity contribution in [2.75, 3.05) is 6.61 Å². The largest absolute Gasteiger partial charge is 0.370 e. The zero-order valence-corrected chi connectivity index (χ0v) is 16.2. The third-order valence-corrected chi connectivity index (χ3v) is 5.34. The molecule has 0 bridgehead atoms. The number of hydrogen-bond donors (Lipinski definition) is 0. The molecule has 1 aliphatic rings. The van der Waals surface area contributed by atoms with Gasteiger partial charge in [-0.2, -0.15) is 4.98 Å². The molecule has 144 valence electrons. The normalized spacial score (nSPS) is 17.4. The lowest BCUT2D eigenvalue weighted by molar-refractivity contribution is 0.103. The van der Waals surface area contributed by atoms with Gasteiger partial charge in [0.25, 0.3) is 11.4 Å².